The summed E-state index contributed by atoms with van der Waals surface area (Å²) >= 11 is 1.69. The van der Waals surface area contributed by atoms with Crippen LogP contribution in [0.15, 0.2) is 40.5 Å². The smallest absolute Gasteiger partial charge is 0.252 e. The second kappa shape index (κ2) is 9.76. The first-order valence-electron chi connectivity index (χ1n) is 11.8. The maximum absolute atomic E-state index is 13.0. The summed E-state index contributed by atoms with van der Waals surface area (Å²) in [5.41, 5.74) is 1.28. The summed E-state index contributed by atoms with van der Waals surface area (Å²) in [6, 6.07) is 9.82. The molecule has 2 aliphatic heterocycles. The number of nitrogens with zero attached hydrogens (tertiary/aromatic N) is 5. The van der Waals surface area contributed by atoms with Crippen molar-refractivity contribution < 1.29 is 14.2 Å². The Morgan fingerprint density at radius 2 is 2.00 bits per heavy atom. The number of tetrazole rings is 1. The van der Waals surface area contributed by atoms with Gasteiger partial charge in [-0.1, -0.05) is 6.07 Å². The van der Waals surface area contributed by atoms with Crippen molar-refractivity contribution in [1.82, 2.24) is 30.1 Å². The number of ether oxygens (including phenoxy) is 3. The molecular weight excluding hydrogens is 468 g/mol. The first-order valence-corrected chi connectivity index (χ1v) is 12.7. The predicted molar refractivity (Wildman–Crippen MR) is 130 cm³/mol. The first kappa shape index (κ1) is 22.2. The molecule has 6 rings (SSSR count). The number of hydrogen-bond donors (Lipinski definition) is 1. The highest BCUT2D eigenvalue weighted by atomic mass is 32.1. The maximum Gasteiger partial charge on any atom is 0.252 e. The Hall–Kier alpha value is -3.28. The topological polar surface area (TPSA) is 107 Å². The fourth-order valence-electron chi connectivity index (χ4n) is 4.60. The van der Waals surface area contributed by atoms with Crippen LogP contribution in [0.5, 0.6) is 11.5 Å². The molecule has 1 aromatic carbocycles. The molecule has 2 aliphatic rings. The molecule has 1 N–H and O–H groups in total. The summed E-state index contributed by atoms with van der Waals surface area (Å²) < 4.78 is 19.0. The highest BCUT2D eigenvalue weighted by molar-refractivity contribution is 7.09. The van der Waals surface area contributed by atoms with Crippen LogP contribution in [0.4, 0.5) is 0 Å². The van der Waals surface area contributed by atoms with E-state index in [1.165, 1.54) is 4.88 Å². The van der Waals surface area contributed by atoms with Gasteiger partial charge in [-0.2, -0.15) is 0 Å². The highest BCUT2D eigenvalue weighted by Crippen LogP contribution is 2.33. The minimum absolute atomic E-state index is 0.121. The number of aromatic amines is 1. The standard InChI is InChI=1S/C24H26N6O4S/c31-24-17(9-16-10-21-22(11-20(16)25-24)34-7-6-33-21)12-29(14-19-4-2-8-35-19)15-23-26-27-28-30(23)13-18-3-1-5-32-18/h2,4,8-11,18H,1,3,5-7,12-15H2,(H,25,31)/t18-/m0/s1. The van der Waals surface area contributed by atoms with Crippen LogP contribution >= 0.6 is 11.3 Å². The second-order valence-corrected chi connectivity index (χ2v) is 9.88. The average Bonchev–Trinajstić information content (AvgIpc) is 3.63. The van der Waals surface area contributed by atoms with Crippen LogP contribution in [0.1, 0.15) is 29.1 Å². The molecule has 0 saturated carbocycles. The Balaban J connectivity index is 1.28. The summed E-state index contributed by atoms with van der Waals surface area (Å²) in [5, 5.41) is 15.3. The summed E-state index contributed by atoms with van der Waals surface area (Å²) in [4.78, 5) is 19.4. The zero-order valence-corrected chi connectivity index (χ0v) is 20.0. The van der Waals surface area contributed by atoms with E-state index in [9.17, 15) is 4.79 Å². The SMILES string of the molecule is O=c1[nH]c2cc3c(cc2cc1CN(Cc1cccs1)Cc1nnnn1C[C@@H]1CCCO1)OCCO3. The number of hydrogen-bond acceptors (Lipinski definition) is 9. The predicted octanol–water partition coefficient (Wildman–Crippen LogP) is 2.73. The number of thiophene rings is 1. The molecule has 0 radical (unpaired) electrons. The molecule has 10 nitrogen and oxygen atoms in total. The van der Waals surface area contributed by atoms with Gasteiger partial charge in [-0.05, 0) is 46.8 Å². The van der Waals surface area contributed by atoms with Crippen molar-refractivity contribution in [3.63, 3.8) is 0 Å². The summed E-state index contributed by atoms with van der Waals surface area (Å²) in [5.74, 6) is 2.11. The average molecular weight is 495 g/mol. The molecule has 35 heavy (non-hydrogen) atoms. The van der Waals surface area contributed by atoms with Gasteiger partial charge in [-0.25, -0.2) is 4.68 Å². The molecule has 0 bridgehead atoms. The Labute approximate surface area is 205 Å². The molecule has 182 valence electrons. The van der Waals surface area contributed by atoms with Crippen molar-refractivity contribution in [3.8, 4) is 11.5 Å². The highest BCUT2D eigenvalue weighted by Gasteiger charge is 2.21. The van der Waals surface area contributed by atoms with E-state index in [1.807, 2.05) is 28.9 Å². The van der Waals surface area contributed by atoms with Crippen molar-refractivity contribution in [2.45, 2.75) is 45.1 Å². The fraction of sp³-hybridized carbons (Fsp3) is 0.417. The van der Waals surface area contributed by atoms with Gasteiger partial charge in [0, 0.05) is 41.6 Å². The molecule has 0 unspecified atom stereocenters. The quantitative estimate of drug-likeness (QED) is 0.399. The number of H-pyrrole nitrogens is 1. The van der Waals surface area contributed by atoms with Crippen LogP contribution in [-0.2, 0) is 30.9 Å². The van der Waals surface area contributed by atoms with E-state index in [4.69, 9.17) is 14.2 Å². The third-order valence-corrected chi connectivity index (χ3v) is 7.17. The van der Waals surface area contributed by atoms with Crippen LogP contribution in [0.25, 0.3) is 10.9 Å². The number of pyridine rings is 1. The molecule has 5 heterocycles. The van der Waals surface area contributed by atoms with Gasteiger partial charge in [0.1, 0.15) is 13.2 Å². The largest absolute Gasteiger partial charge is 0.486 e. The lowest BCUT2D eigenvalue weighted by atomic mass is 10.1. The zero-order chi connectivity index (χ0) is 23.6. The normalized spacial score (nSPS) is 17.5. The van der Waals surface area contributed by atoms with Crippen molar-refractivity contribution >= 4 is 22.2 Å². The lowest BCUT2D eigenvalue weighted by Crippen LogP contribution is -2.28. The summed E-state index contributed by atoms with van der Waals surface area (Å²) in [7, 11) is 0. The number of benzene rings is 1. The summed E-state index contributed by atoms with van der Waals surface area (Å²) in [6.45, 7) is 4.09. The Morgan fingerprint density at radius 1 is 1.11 bits per heavy atom. The van der Waals surface area contributed by atoms with Crippen LogP contribution < -0.4 is 15.0 Å². The number of fused-ring (bicyclic) bond motifs is 2. The molecule has 4 aromatic rings. The summed E-state index contributed by atoms with van der Waals surface area (Å²) in [6.07, 6.45) is 2.23. The minimum Gasteiger partial charge on any atom is -0.486 e. The Morgan fingerprint density at radius 3 is 2.80 bits per heavy atom. The van der Waals surface area contributed by atoms with Crippen LogP contribution in [-0.4, -0.2) is 56.0 Å². The Kier molecular flexibility index (Phi) is 6.19. The van der Waals surface area contributed by atoms with Crippen molar-refractivity contribution in [2.75, 3.05) is 19.8 Å². The molecule has 0 aliphatic carbocycles. The van der Waals surface area contributed by atoms with Crippen LogP contribution in [0, 0.1) is 0 Å². The molecule has 0 amide bonds. The van der Waals surface area contributed by atoms with Crippen LogP contribution in [0.2, 0.25) is 0 Å². The first-order chi connectivity index (χ1) is 17.2. The van der Waals surface area contributed by atoms with Crippen molar-refractivity contribution in [1.29, 1.82) is 0 Å². The van der Waals surface area contributed by atoms with E-state index in [2.05, 4.69) is 36.9 Å². The van der Waals surface area contributed by atoms with E-state index < -0.39 is 0 Å². The van der Waals surface area contributed by atoms with E-state index in [-0.39, 0.29) is 11.7 Å². The van der Waals surface area contributed by atoms with E-state index in [0.717, 1.165) is 36.2 Å². The van der Waals surface area contributed by atoms with Gasteiger partial charge in [0.05, 0.1) is 24.7 Å². The zero-order valence-electron chi connectivity index (χ0n) is 19.2. The molecule has 1 fully saturated rings. The third-order valence-electron chi connectivity index (χ3n) is 6.31. The van der Waals surface area contributed by atoms with Gasteiger partial charge < -0.3 is 19.2 Å². The van der Waals surface area contributed by atoms with E-state index in [1.54, 1.807) is 11.3 Å². The molecule has 1 atom stereocenters. The van der Waals surface area contributed by atoms with Crippen molar-refractivity contribution in [2.24, 2.45) is 0 Å². The van der Waals surface area contributed by atoms with Gasteiger partial charge in [-0.3, -0.25) is 9.69 Å². The number of rotatable bonds is 8. The lowest BCUT2D eigenvalue weighted by Gasteiger charge is -2.22. The maximum atomic E-state index is 13.0. The molecular formula is C24H26N6O4S. The Bertz CT molecular complexity index is 1360. The van der Waals surface area contributed by atoms with Gasteiger partial charge >= 0.3 is 0 Å². The van der Waals surface area contributed by atoms with Gasteiger partial charge in [0.15, 0.2) is 17.3 Å². The van der Waals surface area contributed by atoms with E-state index >= 15 is 0 Å². The fourth-order valence-corrected chi connectivity index (χ4v) is 5.34. The monoisotopic (exact) mass is 494 g/mol. The van der Waals surface area contributed by atoms with Gasteiger partial charge in [-0.15, -0.1) is 16.4 Å². The lowest BCUT2D eigenvalue weighted by molar-refractivity contribution is 0.0915. The van der Waals surface area contributed by atoms with Crippen LogP contribution in [0.3, 0.4) is 0 Å². The number of nitrogens with one attached hydrogen (secondary N) is 1. The van der Waals surface area contributed by atoms with E-state index in [0.29, 0.717) is 56.5 Å². The second-order valence-electron chi connectivity index (χ2n) is 8.84. The molecule has 11 heteroatoms. The third kappa shape index (κ3) is 4.93. The molecule has 1 saturated heterocycles. The minimum atomic E-state index is -0.121. The number of aromatic nitrogens is 5. The molecule has 0 spiro atoms. The van der Waals surface area contributed by atoms with Gasteiger partial charge in [0.25, 0.3) is 5.56 Å². The van der Waals surface area contributed by atoms with Crippen molar-refractivity contribution in [3.05, 3.63) is 62.3 Å². The van der Waals surface area contributed by atoms with Gasteiger partial charge in [0.2, 0.25) is 0 Å². The molecule has 3 aromatic heterocycles.